The first kappa shape index (κ1) is 9.01. The van der Waals surface area contributed by atoms with Gasteiger partial charge in [-0.3, -0.25) is 0 Å². The summed E-state index contributed by atoms with van der Waals surface area (Å²) < 4.78 is 5.60. The summed E-state index contributed by atoms with van der Waals surface area (Å²) in [5, 5.41) is 0. The molecule has 0 aromatic rings. The fourth-order valence-corrected chi connectivity index (χ4v) is 1.84. The molecule has 0 bridgehead atoms. The van der Waals surface area contributed by atoms with Crippen molar-refractivity contribution in [2.45, 2.75) is 38.7 Å². The van der Waals surface area contributed by atoms with E-state index in [-0.39, 0.29) is 5.60 Å². The first-order valence-electron chi connectivity index (χ1n) is 4.48. The van der Waals surface area contributed by atoms with Crippen LogP contribution in [0.2, 0.25) is 0 Å². The lowest BCUT2D eigenvalue weighted by molar-refractivity contribution is -0.0730. The molecular formula is C9H19NO. The maximum Gasteiger partial charge on any atom is 0.0629 e. The fourth-order valence-electron chi connectivity index (χ4n) is 1.84. The Bertz CT molecular complexity index is 121. The first-order chi connectivity index (χ1) is 5.14. The van der Waals surface area contributed by atoms with Gasteiger partial charge in [-0.2, -0.15) is 0 Å². The molecule has 0 aliphatic carbocycles. The molecule has 0 saturated carbocycles. The summed E-state index contributed by atoms with van der Waals surface area (Å²) in [6.07, 6.45) is 3.53. The quantitative estimate of drug-likeness (QED) is 0.660. The Morgan fingerprint density at radius 3 is 2.82 bits per heavy atom. The zero-order chi connectivity index (χ0) is 8.32. The smallest absolute Gasteiger partial charge is 0.0629 e. The van der Waals surface area contributed by atoms with Crippen molar-refractivity contribution in [1.29, 1.82) is 0 Å². The number of ether oxygens (including phenoxy) is 1. The molecule has 2 nitrogen and oxygen atoms in total. The van der Waals surface area contributed by atoms with E-state index in [1.807, 2.05) is 0 Å². The molecule has 0 spiro atoms. The molecule has 2 N–H and O–H groups in total. The normalized spacial score (nSPS) is 30.3. The third kappa shape index (κ3) is 2.80. The number of hydrogen-bond donors (Lipinski definition) is 1. The van der Waals surface area contributed by atoms with E-state index in [0.717, 1.165) is 25.5 Å². The lowest BCUT2D eigenvalue weighted by atomic mass is 9.86. The summed E-state index contributed by atoms with van der Waals surface area (Å²) in [6.45, 7) is 6.06. The molecule has 1 fully saturated rings. The summed E-state index contributed by atoms with van der Waals surface area (Å²) in [6, 6.07) is 0. The minimum atomic E-state index is 0.0953. The molecule has 0 unspecified atom stereocenters. The fraction of sp³-hybridized carbons (Fsp3) is 1.00. The van der Waals surface area contributed by atoms with E-state index in [9.17, 15) is 0 Å². The minimum absolute atomic E-state index is 0.0953. The van der Waals surface area contributed by atoms with Crippen molar-refractivity contribution >= 4 is 0 Å². The third-order valence-corrected chi connectivity index (χ3v) is 2.37. The van der Waals surface area contributed by atoms with E-state index in [0.29, 0.717) is 0 Å². The number of hydrogen-bond acceptors (Lipinski definition) is 2. The van der Waals surface area contributed by atoms with E-state index < -0.39 is 0 Å². The van der Waals surface area contributed by atoms with E-state index >= 15 is 0 Å². The summed E-state index contributed by atoms with van der Waals surface area (Å²) in [5.74, 6) is 0.795. The van der Waals surface area contributed by atoms with E-state index in [2.05, 4.69) is 13.8 Å². The van der Waals surface area contributed by atoms with Crippen LogP contribution < -0.4 is 5.73 Å². The van der Waals surface area contributed by atoms with E-state index in [1.54, 1.807) is 0 Å². The van der Waals surface area contributed by atoms with Gasteiger partial charge in [0.1, 0.15) is 0 Å². The summed E-state index contributed by atoms with van der Waals surface area (Å²) in [4.78, 5) is 0. The van der Waals surface area contributed by atoms with Gasteiger partial charge in [-0.25, -0.2) is 0 Å². The number of rotatable bonds is 2. The zero-order valence-electron chi connectivity index (χ0n) is 7.60. The van der Waals surface area contributed by atoms with Crippen LogP contribution in [-0.4, -0.2) is 18.8 Å². The van der Waals surface area contributed by atoms with Crippen LogP contribution in [-0.2, 0) is 4.74 Å². The summed E-state index contributed by atoms with van der Waals surface area (Å²) in [7, 11) is 0. The Morgan fingerprint density at radius 1 is 1.55 bits per heavy atom. The van der Waals surface area contributed by atoms with Crippen LogP contribution in [0.25, 0.3) is 0 Å². The average molecular weight is 157 g/mol. The minimum Gasteiger partial charge on any atom is -0.376 e. The van der Waals surface area contributed by atoms with Gasteiger partial charge < -0.3 is 10.5 Å². The molecule has 1 aliphatic heterocycles. The highest BCUT2D eigenvalue weighted by Gasteiger charge is 2.27. The highest BCUT2D eigenvalue weighted by Crippen LogP contribution is 2.29. The molecule has 0 amide bonds. The van der Waals surface area contributed by atoms with Crippen molar-refractivity contribution in [2.75, 3.05) is 13.2 Å². The molecule has 0 aromatic heterocycles. The van der Waals surface area contributed by atoms with Crippen LogP contribution in [0.5, 0.6) is 0 Å². The second-order valence-corrected chi connectivity index (χ2v) is 4.04. The van der Waals surface area contributed by atoms with Gasteiger partial charge >= 0.3 is 0 Å². The topological polar surface area (TPSA) is 35.2 Å². The van der Waals surface area contributed by atoms with Gasteiger partial charge in [-0.15, -0.1) is 0 Å². The van der Waals surface area contributed by atoms with E-state index in [1.165, 1.54) is 12.8 Å². The third-order valence-electron chi connectivity index (χ3n) is 2.37. The molecule has 0 aromatic carbocycles. The van der Waals surface area contributed by atoms with Crippen LogP contribution in [0.1, 0.15) is 33.1 Å². The lowest BCUT2D eigenvalue weighted by Crippen LogP contribution is -2.34. The van der Waals surface area contributed by atoms with Crippen molar-refractivity contribution in [2.24, 2.45) is 11.7 Å². The standard InChI is InChI=1S/C9H19NO/c1-9(2)7-8(3-5-10)4-6-11-9/h8H,3-7,10H2,1-2H3/t8-/m1/s1. The summed E-state index contributed by atoms with van der Waals surface area (Å²) >= 11 is 0. The monoisotopic (exact) mass is 157 g/mol. The molecular weight excluding hydrogens is 138 g/mol. The van der Waals surface area contributed by atoms with Crippen LogP contribution in [0.4, 0.5) is 0 Å². The van der Waals surface area contributed by atoms with Crippen molar-refractivity contribution < 1.29 is 4.74 Å². The van der Waals surface area contributed by atoms with Gasteiger partial charge in [0.05, 0.1) is 5.60 Å². The second-order valence-electron chi connectivity index (χ2n) is 4.04. The molecule has 11 heavy (non-hydrogen) atoms. The van der Waals surface area contributed by atoms with Crippen molar-refractivity contribution in [3.05, 3.63) is 0 Å². The van der Waals surface area contributed by atoms with Crippen molar-refractivity contribution in [3.8, 4) is 0 Å². The molecule has 1 heterocycles. The molecule has 1 atom stereocenters. The average Bonchev–Trinajstić information content (AvgIpc) is 1.85. The Kier molecular flexibility index (Phi) is 2.90. The SMILES string of the molecule is CC1(C)C[C@H](CCN)CCO1. The van der Waals surface area contributed by atoms with Crippen LogP contribution >= 0.6 is 0 Å². The Balaban J connectivity index is 2.34. The molecule has 2 heteroatoms. The van der Waals surface area contributed by atoms with Crippen molar-refractivity contribution in [1.82, 2.24) is 0 Å². The Morgan fingerprint density at radius 2 is 2.27 bits per heavy atom. The summed E-state index contributed by atoms with van der Waals surface area (Å²) in [5.41, 5.74) is 5.60. The second kappa shape index (κ2) is 3.55. The highest BCUT2D eigenvalue weighted by molar-refractivity contribution is 4.78. The Labute approximate surface area is 69.1 Å². The maximum atomic E-state index is 5.60. The highest BCUT2D eigenvalue weighted by atomic mass is 16.5. The molecule has 66 valence electrons. The predicted octanol–water partition coefficient (Wildman–Crippen LogP) is 1.54. The van der Waals surface area contributed by atoms with Gasteiger partial charge in [-0.1, -0.05) is 0 Å². The van der Waals surface area contributed by atoms with Gasteiger partial charge in [0.2, 0.25) is 0 Å². The van der Waals surface area contributed by atoms with Crippen molar-refractivity contribution in [3.63, 3.8) is 0 Å². The lowest BCUT2D eigenvalue weighted by Gasteiger charge is -2.35. The zero-order valence-corrected chi connectivity index (χ0v) is 7.60. The number of nitrogens with two attached hydrogens (primary N) is 1. The van der Waals surface area contributed by atoms with Gasteiger partial charge in [0.25, 0.3) is 0 Å². The van der Waals surface area contributed by atoms with E-state index in [4.69, 9.17) is 10.5 Å². The van der Waals surface area contributed by atoms with Crippen LogP contribution in [0.3, 0.4) is 0 Å². The molecule has 1 saturated heterocycles. The van der Waals surface area contributed by atoms with Crippen LogP contribution in [0, 0.1) is 5.92 Å². The molecule has 0 radical (unpaired) electrons. The van der Waals surface area contributed by atoms with Gasteiger partial charge in [0.15, 0.2) is 0 Å². The maximum absolute atomic E-state index is 5.60. The van der Waals surface area contributed by atoms with Gasteiger partial charge in [0, 0.05) is 6.61 Å². The Hall–Kier alpha value is -0.0800. The van der Waals surface area contributed by atoms with Gasteiger partial charge in [-0.05, 0) is 45.6 Å². The first-order valence-corrected chi connectivity index (χ1v) is 4.48. The predicted molar refractivity (Wildman–Crippen MR) is 46.4 cm³/mol. The molecule has 1 rings (SSSR count). The molecule has 1 aliphatic rings. The van der Waals surface area contributed by atoms with Crippen LogP contribution in [0.15, 0.2) is 0 Å². The largest absolute Gasteiger partial charge is 0.376 e.